The molecule has 0 fully saturated rings. The van der Waals surface area contributed by atoms with Crippen molar-refractivity contribution in [3.63, 3.8) is 0 Å². The lowest BCUT2D eigenvalue weighted by atomic mass is 9.91. The minimum atomic E-state index is -0.573. The smallest absolute Gasteiger partial charge is 0.132 e. The van der Waals surface area contributed by atoms with Crippen LogP contribution in [0.5, 0.6) is 0 Å². The van der Waals surface area contributed by atoms with Gasteiger partial charge in [0.1, 0.15) is 11.6 Å². The number of halogens is 3. The Morgan fingerprint density at radius 3 is 2.11 bits per heavy atom. The van der Waals surface area contributed by atoms with Crippen LogP contribution in [0, 0.1) is 17.6 Å². The fourth-order valence-corrected chi connectivity index (χ4v) is 2.51. The Morgan fingerprint density at radius 2 is 1.72 bits per heavy atom. The second-order valence-electron chi connectivity index (χ2n) is 4.42. The second-order valence-corrected chi connectivity index (χ2v) is 5.34. The molecule has 1 aromatic rings. The number of nitrogens with two attached hydrogens (primary N) is 1. The summed E-state index contributed by atoms with van der Waals surface area (Å²) in [6.45, 7) is 4.13. The van der Waals surface area contributed by atoms with Gasteiger partial charge in [-0.05, 0) is 24.5 Å². The van der Waals surface area contributed by atoms with Crippen LogP contribution in [0.1, 0.15) is 44.7 Å². The van der Waals surface area contributed by atoms with E-state index in [9.17, 15) is 8.78 Å². The molecular weight excluding hydrogens is 302 g/mol. The average molecular weight is 321 g/mol. The van der Waals surface area contributed by atoms with Gasteiger partial charge in [-0.3, -0.25) is 11.3 Å². The van der Waals surface area contributed by atoms with Crippen molar-refractivity contribution in [3.05, 3.63) is 33.8 Å². The van der Waals surface area contributed by atoms with E-state index in [2.05, 4.69) is 35.2 Å². The van der Waals surface area contributed by atoms with Gasteiger partial charge in [0.15, 0.2) is 0 Å². The Balaban J connectivity index is 3.01. The lowest BCUT2D eigenvalue weighted by molar-refractivity contribution is 0.358. The first-order chi connectivity index (χ1) is 8.53. The van der Waals surface area contributed by atoms with E-state index in [-0.39, 0.29) is 5.56 Å². The van der Waals surface area contributed by atoms with Crippen LogP contribution in [-0.2, 0) is 0 Å². The van der Waals surface area contributed by atoms with Crippen molar-refractivity contribution in [1.82, 2.24) is 5.43 Å². The van der Waals surface area contributed by atoms with Crippen LogP contribution >= 0.6 is 15.9 Å². The largest absolute Gasteiger partial charge is 0.271 e. The summed E-state index contributed by atoms with van der Waals surface area (Å²) < 4.78 is 28.1. The van der Waals surface area contributed by atoms with Crippen molar-refractivity contribution in [3.8, 4) is 0 Å². The summed E-state index contributed by atoms with van der Waals surface area (Å²) in [4.78, 5) is 0. The molecule has 5 heteroatoms. The van der Waals surface area contributed by atoms with Gasteiger partial charge in [0.05, 0.1) is 6.04 Å². The average Bonchev–Trinajstić information content (AvgIpc) is 2.32. The minimum Gasteiger partial charge on any atom is -0.271 e. The van der Waals surface area contributed by atoms with Crippen molar-refractivity contribution in [2.45, 2.75) is 39.2 Å². The summed E-state index contributed by atoms with van der Waals surface area (Å²) in [6.07, 6.45) is 2.56. The van der Waals surface area contributed by atoms with Crippen molar-refractivity contribution in [1.29, 1.82) is 0 Å². The van der Waals surface area contributed by atoms with Gasteiger partial charge in [-0.15, -0.1) is 0 Å². The first kappa shape index (κ1) is 15.5. The summed E-state index contributed by atoms with van der Waals surface area (Å²) in [5.74, 6) is 4.69. The van der Waals surface area contributed by atoms with Gasteiger partial charge >= 0.3 is 0 Å². The molecule has 0 aliphatic heterocycles. The molecule has 0 spiro atoms. The molecule has 2 nitrogen and oxygen atoms in total. The summed E-state index contributed by atoms with van der Waals surface area (Å²) in [5.41, 5.74) is 2.54. The highest BCUT2D eigenvalue weighted by molar-refractivity contribution is 9.10. The van der Waals surface area contributed by atoms with Crippen molar-refractivity contribution < 1.29 is 8.78 Å². The molecule has 0 aliphatic carbocycles. The molecular formula is C13H19BrF2N2. The number of rotatable bonds is 6. The minimum absolute atomic E-state index is 0.0209. The van der Waals surface area contributed by atoms with Gasteiger partial charge < -0.3 is 0 Å². The number of hydrogen-bond donors (Lipinski definition) is 2. The second kappa shape index (κ2) is 7.16. The monoisotopic (exact) mass is 320 g/mol. The SMILES string of the molecule is CCC(CC)CC(NN)c1c(F)cc(Br)cc1F. The summed E-state index contributed by atoms with van der Waals surface area (Å²) in [5, 5.41) is 0. The zero-order valence-electron chi connectivity index (χ0n) is 10.6. The molecule has 102 valence electrons. The van der Waals surface area contributed by atoms with Crippen molar-refractivity contribution in [2.24, 2.45) is 11.8 Å². The molecule has 18 heavy (non-hydrogen) atoms. The lowest BCUT2D eigenvalue weighted by Gasteiger charge is -2.22. The van der Waals surface area contributed by atoms with Gasteiger partial charge in [-0.25, -0.2) is 8.78 Å². The number of benzene rings is 1. The molecule has 3 N–H and O–H groups in total. The topological polar surface area (TPSA) is 38.0 Å². The predicted molar refractivity (Wildman–Crippen MR) is 72.8 cm³/mol. The molecule has 0 radical (unpaired) electrons. The highest BCUT2D eigenvalue weighted by Crippen LogP contribution is 2.30. The molecule has 1 aromatic carbocycles. The third-order valence-electron chi connectivity index (χ3n) is 3.32. The molecule has 0 amide bonds. The summed E-state index contributed by atoms with van der Waals surface area (Å²) in [7, 11) is 0. The van der Waals surface area contributed by atoms with E-state index in [0.717, 1.165) is 12.8 Å². The van der Waals surface area contributed by atoms with Crippen LogP contribution in [-0.4, -0.2) is 0 Å². The Labute approximate surface area is 115 Å². The molecule has 0 heterocycles. The maximum Gasteiger partial charge on any atom is 0.132 e. The summed E-state index contributed by atoms with van der Waals surface area (Å²) in [6, 6.07) is 2.02. The quantitative estimate of drug-likeness (QED) is 0.612. The Hall–Kier alpha value is -0.520. The molecule has 0 saturated heterocycles. The maximum atomic E-state index is 13.8. The Kier molecular flexibility index (Phi) is 6.18. The van der Waals surface area contributed by atoms with E-state index in [1.54, 1.807) is 0 Å². The molecule has 0 aromatic heterocycles. The normalized spacial score (nSPS) is 13.1. The van der Waals surface area contributed by atoms with Crippen molar-refractivity contribution >= 4 is 15.9 Å². The van der Waals surface area contributed by atoms with Gasteiger partial charge in [0.25, 0.3) is 0 Å². The van der Waals surface area contributed by atoms with E-state index < -0.39 is 17.7 Å². The Bertz CT molecular complexity index is 372. The molecule has 0 saturated carbocycles. The van der Waals surface area contributed by atoms with Gasteiger partial charge in [-0.1, -0.05) is 42.6 Å². The molecule has 0 aliphatic rings. The highest BCUT2D eigenvalue weighted by Gasteiger charge is 2.22. The van der Waals surface area contributed by atoms with Gasteiger partial charge in [0.2, 0.25) is 0 Å². The number of nitrogens with one attached hydrogen (secondary N) is 1. The van der Waals surface area contributed by atoms with E-state index in [1.165, 1.54) is 12.1 Å². The van der Waals surface area contributed by atoms with Crippen LogP contribution in [0.25, 0.3) is 0 Å². The van der Waals surface area contributed by atoms with Crippen LogP contribution < -0.4 is 11.3 Å². The first-order valence-electron chi connectivity index (χ1n) is 6.13. The first-order valence-corrected chi connectivity index (χ1v) is 6.93. The van der Waals surface area contributed by atoms with E-state index in [1.807, 2.05) is 0 Å². The predicted octanol–water partition coefficient (Wildman–Crippen LogP) is 4.06. The third kappa shape index (κ3) is 3.73. The van der Waals surface area contributed by atoms with Crippen LogP contribution in [0.2, 0.25) is 0 Å². The fraction of sp³-hybridized carbons (Fsp3) is 0.538. The zero-order chi connectivity index (χ0) is 13.7. The number of hydrogen-bond acceptors (Lipinski definition) is 2. The number of hydrazine groups is 1. The van der Waals surface area contributed by atoms with Gasteiger partial charge in [-0.2, -0.15) is 0 Å². The Morgan fingerprint density at radius 1 is 1.22 bits per heavy atom. The molecule has 0 bridgehead atoms. The van der Waals surface area contributed by atoms with Crippen LogP contribution in [0.4, 0.5) is 8.78 Å². The fourth-order valence-electron chi connectivity index (χ4n) is 2.11. The zero-order valence-corrected chi connectivity index (χ0v) is 12.2. The molecule has 1 rings (SSSR count). The lowest BCUT2D eigenvalue weighted by Crippen LogP contribution is -2.31. The van der Waals surface area contributed by atoms with E-state index in [0.29, 0.717) is 16.8 Å². The van der Waals surface area contributed by atoms with E-state index >= 15 is 0 Å². The van der Waals surface area contributed by atoms with Crippen LogP contribution in [0.15, 0.2) is 16.6 Å². The molecule has 1 atom stereocenters. The van der Waals surface area contributed by atoms with Gasteiger partial charge in [0, 0.05) is 10.0 Å². The van der Waals surface area contributed by atoms with E-state index in [4.69, 9.17) is 5.84 Å². The highest BCUT2D eigenvalue weighted by atomic mass is 79.9. The van der Waals surface area contributed by atoms with Crippen LogP contribution in [0.3, 0.4) is 0 Å². The standard InChI is InChI=1S/C13H19BrF2N2/c1-3-8(4-2)5-12(18-17)13-10(15)6-9(14)7-11(13)16/h6-8,12,18H,3-5,17H2,1-2H3. The maximum absolute atomic E-state index is 13.8. The summed E-state index contributed by atoms with van der Waals surface area (Å²) >= 11 is 3.06. The third-order valence-corrected chi connectivity index (χ3v) is 3.78. The molecule has 1 unspecified atom stereocenters. The van der Waals surface area contributed by atoms with Crippen molar-refractivity contribution in [2.75, 3.05) is 0 Å².